The summed E-state index contributed by atoms with van der Waals surface area (Å²) in [7, 11) is 0. The van der Waals surface area contributed by atoms with Gasteiger partial charge in [0.05, 0.1) is 16.8 Å². The second kappa shape index (κ2) is 7.63. The van der Waals surface area contributed by atoms with Crippen molar-refractivity contribution >= 4 is 32.6 Å². The standard InChI is InChI=1S/C19H18N6OS/c1-13-7-5-10-15-17(13)21-19(27-15)20-16(26)11-6-12-25-23-18(22-24-25)14-8-3-2-4-9-14/h2-5,7-10H,6,11-12H2,1H3,(H,20,21,26). The number of anilines is 1. The van der Waals surface area contributed by atoms with Crippen LogP contribution in [0.3, 0.4) is 0 Å². The molecule has 0 bridgehead atoms. The zero-order valence-electron chi connectivity index (χ0n) is 14.8. The third-order valence-electron chi connectivity index (χ3n) is 4.11. The quantitative estimate of drug-likeness (QED) is 0.553. The van der Waals surface area contributed by atoms with Gasteiger partial charge in [-0.3, -0.25) is 4.79 Å². The van der Waals surface area contributed by atoms with Crippen molar-refractivity contribution in [2.75, 3.05) is 5.32 Å². The minimum atomic E-state index is -0.0601. The molecule has 0 saturated carbocycles. The highest BCUT2D eigenvalue weighted by Gasteiger charge is 2.10. The summed E-state index contributed by atoms with van der Waals surface area (Å²) in [6.07, 6.45) is 0.997. The third kappa shape index (κ3) is 4.01. The molecule has 0 aliphatic rings. The van der Waals surface area contributed by atoms with Crippen LogP contribution in [0.4, 0.5) is 5.13 Å². The van der Waals surface area contributed by atoms with Gasteiger partial charge in [0.1, 0.15) is 0 Å². The Balaban J connectivity index is 1.30. The van der Waals surface area contributed by atoms with Crippen molar-refractivity contribution in [3.63, 3.8) is 0 Å². The van der Waals surface area contributed by atoms with Gasteiger partial charge < -0.3 is 5.32 Å². The summed E-state index contributed by atoms with van der Waals surface area (Å²) in [4.78, 5) is 18.2. The van der Waals surface area contributed by atoms with Crippen LogP contribution < -0.4 is 5.32 Å². The Morgan fingerprint density at radius 1 is 1.15 bits per heavy atom. The molecular weight excluding hydrogens is 360 g/mol. The largest absolute Gasteiger partial charge is 0.302 e. The van der Waals surface area contributed by atoms with E-state index in [9.17, 15) is 4.79 Å². The van der Waals surface area contributed by atoms with E-state index in [1.165, 1.54) is 16.1 Å². The maximum absolute atomic E-state index is 12.2. The normalized spacial score (nSPS) is 11.0. The van der Waals surface area contributed by atoms with Gasteiger partial charge in [0.15, 0.2) is 5.13 Å². The van der Waals surface area contributed by atoms with Gasteiger partial charge in [-0.25, -0.2) is 4.98 Å². The first-order valence-electron chi connectivity index (χ1n) is 8.68. The number of rotatable bonds is 6. The van der Waals surface area contributed by atoms with Gasteiger partial charge in [0.25, 0.3) is 0 Å². The Morgan fingerprint density at radius 3 is 2.81 bits per heavy atom. The number of carbonyl (C=O) groups excluding carboxylic acids is 1. The van der Waals surface area contributed by atoms with Gasteiger partial charge in [0, 0.05) is 12.0 Å². The van der Waals surface area contributed by atoms with Crippen molar-refractivity contribution < 1.29 is 4.79 Å². The number of tetrazole rings is 1. The van der Waals surface area contributed by atoms with E-state index in [0.717, 1.165) is 21.3 Å². The van der Waals surface area contributed by atoms with E-state index in [-0.39, 0.29) is 5.91 Å². The van der Waals surface area contributed by atoms with Crippen LogP contribution in [0.25, 0.3) is 21.6 Å². The molecule has 1 amide bonds. The number of hydrogen-bond acceptors (Lipinski definition) is 6. The summed E-state index contributed by atoms with van der Waals surface area (Å²) < 4.78 is 1.07. The molecule has 1 N–H and O–H groups in total. The lowest BCUT2D eigenvalue weighted by atomic mass is 10.2. The summed E-state index contributed by atoms with van der Waals surface area (Å²) >= 11 is 1.49. The highest BCUT2D eigenvalue weighted by Crippen LogP contribution is 2.27. The lowest BCUT2D eigenvalue weighted by Crippen LogP contribution is -2.13. The van der Waals surface area contributed by atoms with E-state index >= 15 is 0 Å². The first kappa shape index (κ1) is 17.3. The maximum atomic E-state index is 12.2. The highest BCUT2D eigenvalue weighted by atomic mass is 32.1. The van der Waals surface area contributed by atoms with Crippen LogP contribution in [0.5, 0.6) is 0 Å². The molecule has 4 aromatic rings. The predicted molar refractivity (Wildman–Crippen MR) is 105 cm³/mol. The molecule has 4 rings (SSSR count). The summed E-state index contributed by atoms with van der Waals surface area (Å²) in [5, 5.41) is 16.0. The van der Waals surface area contributed by atoms with E-state index in [1.807, 2.05) is 55.5 Å². The van der Waals surface area contributed by atoms with Crippen molar-refractivity contribution in [3.8, 4) is 11.4 Å². The van der Waals surface area contributed by atoms with Crippen molar-refractivity contribution in [2.24, 2.45) is 0 Å². The molecule has 8 heteroatoms. The van der Waals surface area contributed by atoms with Crippen LogP contribution >= 0.6 is 11.3 Å². The molecule has 0 aliphatic carbocycles. The van der Waals surface area contributed by atoms with Crippen LogP contribution in [0.15, 0.2) is 48.5 Å². The number of hydrogen-bond donors (Lipinski definition) is 1. The number of carbonyl (C=O) groups is 1. The van der Waals surface area contributed by atoms with Crippen molar-refractivity contribution in [2.45, 2.75) is 26.3 Å². The number of amides is 1. The van der Waals surface area contributed by atoms with E-state index in [2.05, 4.69) is 25.7 Å². The van der Waals surface area contributed by atoms with E-state index in [0.29, 0.717) is 30.3 Å². The molecule has 2 aromatic heterocycles. The van der Waals surface area contributed by atoms with Crippen LogP contribution in [-0.2, 0) is 11.3 Å². The van der Waals surface area contributed by atoms with Crippen LogP contribution in [0.2, 0.25) is 0 Å². The SMILES string of the molecule is Cc1cccc2sc(NC(=O)CCCn3nnc(-c4ccccc4)n3)nc12. The second-order valence-corrected chi connectivity index (χ2v) is 7.20. The lowest BCUT2D eigenvalue weighted by Gasteiger charge is -2.01. The molecule has 0 atom stereocenters. The average molecular weight is 378 g/mol. The van der Waals surface area contributed by atoms with Crippen molar-refractivity contribution in [1.29, 1.82) is 0 Å². The van der Waals surface area contributed by atoms with Gasteiger partial charge in [-0.15, -0.1) is 10.2 Å². The van der Waals surface area contributed by atoms with Crippen molar-refractivity contribution in [3.05, 3.63) is 54.1 Å². The fourth-order valence-electron chi connectivity index (χ4n) is 2.74. The maximum Gasteiger partial charge on any atom is 0.226 e. The van der Waals surface area contributed by atoms with Gasteiger partial charge in [-0.1, -0.05) is 53.8 Å². The monoisotopic (exact) mass is 378 g/mol. The van der Waals surface area contributed by atoms with E-state index in [1.54, 1.807) is 0 Å². The zero-order valence-corrected chi connectivity index (χ0v) is 15.6. The van der Waals surface area contributed by atoms with Crippen LogP contribution in [0.1, 0.15) is 18.4 Å². The molecule has 0 radical (unpaired) electrons. The number of nitrogens with zero attached hydrogens (tertiary/aromatic N) is 5. The minimum absolute atomic E-state index is 0.0601. The Hall–Kier alpha value is -3.13. The number of aromatic nitrogens is 5. The van der Waals surface area contributed by atoms with Crippen LogP contribution in [-0.4, -0.2) is 31.1 Å². The van der Waals surface area contributed by atoms with E-state index < -0.39 is 0 Å². The molecule has 0 unspecified atom stereocenters. The minimum Gasteiger partial charge on any atom is -0.302 e. The molecule has 0 spiro atoms. The summed E-state index contributed by atoms with van der Waals surface area (Å²) in [6, 6.07) is 15.7. The summed E-state index contributed by atoms with van der Waals surface area (Å²) in [5.41, 5.74) is 2.97. The van der Waals surface area contributed by atoms with Gasteiger partial charge >= 0.3 is 0 Å². The number of fused-ring (bicyclic) bond motifs is 1. The fourth-order valence-corrected chi connectivity index (χ4v) is 3.70. The molecule has 0 fully saturated rings. The Labute approximate surface area is 160 Å². The Morgan fingerprint density at radius 2 is 2.00 bits per heavy atom. The molecule has 2 aromatic carbocycles. The highest BCUT2D eigenvalue weighted by molar-refractivity contribution is 7.22. The number of aryl methyl sites for hydroxylation is 2. The van der Waals surface area contributed by atoms with Gasteiger partial charge in [0.2, 0.25) is 11.7 Å². The summed E-state index contributed by atoms with van der Waals surface area (Å²) in [5.74, 6) is 0.528. The van der Waals surface area contributed by atoms with Crippen LogP contribution in [0, 0.1) is 6.92 Å². The topological polar surface area (TPSA) is 85.6 Å². The fraction of sp³-hybridized carbons (Fsp3) is 0.211. The summed E-state index contributed by atoms with van der Waals surface area (Å²) in [6.45, 7) is 2.55. The van der Waals surface area contributed by atoms with Gasteiger partial charge in [-0.05, 0) is 30.2 Å². The lowest BCUT2D eigenvalue weighted by molar-refractivity contribution is -0.116. The average Bonchev–Trinajstić information content (AvgIpc) is 3.30. The zero-order chi connectivity index (χ0) is 18.6. The molecule has 27 heavy (non-hydrogen) atoms. The molecule has 7 nitrogen and oxygen atoms in total. The van der Waals surface area contributed by atoms with Gasteiger partial charge in [-0.2, -0.15) is 4.80 Å². The third-order valence-corrected chi connectivity index (χ3v) is 5.05. The first-order chi connectivity index (χ1) is 13.2. The molecule has 0 saturated heterocycles. The second-order valence-electron chi connectivity index (χ2n) is 6.17. The smallest absolute Gasteiger partial charge is 0.226 e. The number of para-hydroxylation sites is 1. The molecule has 136 valence electrons. The Kier molecular flexibility index (Phi) is 4.88. The number of thiazole rings is 1. The van der Waals surface area contributed by atoms with E-state index in [4.69, 9.17) is 0 Å². The molecular formula is C19H18N6OS. The Bertz CT molecular complexity index is 1070. The number of nitrogens with one attached hydrogen (secondary N) is 1. The number of benzene rings is 2. The molecule has 2 heterocycles. The van der Waals surface area contributed by atoms with Crippen molar-refractivity contribution in [1.82, 2.24) is 25.2 Å². The predicted octanol–water partition coefficient (Wildman–Crippen LogP) is 3.68. The first-order valence-corrected chi connectivity index (χ1v) is 9.50. The molecule has 0 aliphatic heterocycles.